The molecule has 2 aromatic heterocycles. The van der Waals surface area contributed by atoms with Gasteiger partial charge in [-0.1, -0.05) is 19.3 Å². The van der Waals surface area contributed by atoms with Crippen LogP contribution in [0.5, 0.6) is 0 Å². The van der Waals surface area contributed by atoms with Crippen LogP contribution in [0.25, 0.3) is 11.0 Å². The Hall–Kier alpha value is -2.44. The SMILES string of the molecule is CN(C(=O)c1cnc2c(c1)c(=O)n(C)c(=O)n2C)C1CCCCC1. The summed E-state index contributed by atoms with van der Waals surface area (Å²) in [5.41, 5.74) is -0.194. The van der Waals surface area contributed by atoms with Crippen molar-refractivity contribution in [2.75, 3.05) is 7.05 Å². The number of carbonyl (C=O) groups is 1. The second-order valence-corrected chi connectivity index (χ2v) is 6.51. The van der Waals surface area contributed by atoms with Gasteiger partial charge in [-0.15, -0.1) is 0 Å². The fourth-order valence-corrected chi connectivity index (χ4v) is 3.42. The predicted molar refractivity (Wildman–Crippen MR) is 91.2 cm³/mol. The zero-order valence-corrected chi connectivity index (χ0v) is 14.3. The molecule has 1 aliphatic rings. The van der Waals surface area contributed by atoms with E-state index in [9.17, 15) is 14.4 Å². The molecule has 2 aromatic rings. The molecule has 128 valence electrons. The Morgan fingerprint density at radius 1 is 1.17 bits per heavy atom. The first-order chi connectivity index (χ1) is 11.4. The van der Waals surface area contributed by atoms with Gasteiger partial charge in [-0.2, -0.15) is 0 Å². The van der Waals surface area contributed by atoms with Gasteiger partial charge in [0.25, 0.3) is 11.5 Å². The summed E-state index contributed by atoms with van der Waals surface area (Å²) in [7, 11) is 4.79. The van der Waals surface area contributed by atoms with Gasteiger partial charge in [0.2, 0.25) is 0 Å². The summed E-state index contributed by atoms with van der Waals surface area (Å²) >= 11 is 0. The first-order valence-corrected chi connectivity index (χ1v) is 8.24. The van der Waals surface area contributed by atoms with Crippen molar-refractivity contribution in [2.24, 2.45) is 14.1 Å². The molecule has 0 saturated heterocycles. The van der Waals surface area contributed by atoms with Crippen LogP contribution in [0.4, 0.5) is 0 Å². The van der Waals surface area contributed by atoms with Crippen molar-refractivity contribution in [3.05, 3.63) is 38.7 Å². The molecule has 0 atom stereocenters. The molecular weight excluding hydrogens is 308 g/mol. The molecule has 0 aliphatic heterocycles. The topological polar surface area (TPSA) is 77.2 Å². The second kappa shape index (κ2) is 6.22. The van der Waals surface area contributed by atoms with Crippen molar-refractivity contribution in [3.8, 4) is 0 Å². The van der Waals surface area contributed by atoms with E-state index in [1.165, 1.54) is 24.2 Å². The highest BCUT2D eigenvalue weighted by molar-refractivity contribution is 5.96. The molecule has 2 heterocycles. The fraction of sp³-hybridized carbons (Fsp3) is 0.529. The third-order valence-electron chi connectivity index (χ3n) is 4.98. The van der Waals surface area contributed by atoms with Crippen molar-refractivity contribution in [1.29, 1.82) is 0 Å². The lowest BCUT2D eigenvalue weighted by atomic mass is 9.94. The molecule has 1 amide bonds. The van der Waals surface area contributed by atoms with Gasteiger partial charge in [0.15, 0.2) is 0 Å². The summed E-state index contributed by atoms with van der Waals surface area (Å²) in [6.07, 6.45) is 6.98. The molecule has 0 aromatic carbocycles. The van der Waals surface area contributed by atoms with Gasteiger partial charge in [-0.25, -0.2) is 9.78 Å². The van der Waals surface area contributed by atoms with Crippen molar-refractivity contribution in [3.63, 3.8) is 0 Å². The van der Waals surface area contributed by atoms with Crippen LogP contribution in [0.3, 0.4) is 0 Å². The van der Waals surface area contributed by atoms with Crippen molar-refractivity contribution < 1.29 is 4.79 Å². The van der Waals surface area contributed by atoms with Gasteiger partial charge in [0.05, 0.1) is 10.9 Å². The van der Waals surface area contributed by atoms with Gasteiger partial charge in [0.1, 0.15) is 5.65 Å². The highest BCUT2D eigenvalue weighted by Gasteiger charge is 2.24. The minimum absolute atomic E-state index is 0.132. The number of aryl methyl sites for hydroxylation is 1. The lowest BCUT2D eigenvalue weighted by Crippen LogP contribution is -2.39. The minimum atomic E-state index is -0.435. The number of nitrogens with zero attached hydrogens (tertiary/aromatic N) is 4. The lowest BCUT2D eigenvalue weighted by molar-refractivity contribution is 0.0696. The zero-order valence-electron chi connectivity index (χ0n) is 14.3. The summed E-state index contributed by atoms with van der Waals surface area (Å²) in [6, 6.07) is 1.79. The molecular formula is C17H22N4O3. The highest BCUT2D eigenvalue weighted by atomic mass is 16.2. The Balaban J connectivity index is 2.03. The number of hydrogen-bond donors (Lipinski definition) is 0. The van der Waals surface area contributed by atoms with E-state index >= 15 is 0 Å². The van der Waals surface area contributed by atoms with E-state index in [4.69, 9.17) is 0 Å². The quantitative estimate of drug-likeness (QED) is 0.824. The van der Waals surface area contributed by atoms with Crippen LogP contribution in [-0.4, -0.2) is 38.0 Å². The molecule has 0 unspecified atom stereocenters. The van der Waals surface area contributed by atoms with E-state index < -0.39 is 11.2 Å². The molecule has 7 nitrogen and oxygen atoms in total. The van der Waals surface area contributed by atoms with Crippen molar-refractivity contribution >= 4 is 16.9 Å². The van der Waals surface area contributed by atoms with E-state index in [-0.39, 0.29) is 17.3 Å². The van der Waals surface area contributed by atoms with Crippen molar-refractivity contribution in [2.45, 2.75) is 38.1 Å². The summed E-state index contributed by atoms with van der Waals surface area (Å²) in [5.74, 6) is -0.132. The average Bonchev–Trinajstić information content (AvgIpc) is 2.63. The Morgan fingerprint density at radius 3 is 2.50 bits per heavy atom. The average molecular weight is 330 g/mol. The van der Waals surface area contributed by atoms with Gasteiger partial charge in [-0.05, 0) is 18.9 Å². The molecule has 1 fully saturated rings. The lowest BCUT2D eigenvalue weighted by Gasteiger charge is -2.31. The van der Waals surface area contributed by atoms with Gasteiger partial charge in [-0.3, -0.25) is 18.7 Å². The smallest absolute Gasteiger partial charge is 0.332 e. The fourth-order valence-electron chi connectivity index (χ4n) is 3.42. The molecule has 1 saturated carbocycles. The van der Waals surface area contributed by atoms with E-state index in [1.807, 2.05) is 0 Å². The van der Waals surface area contributed by atoms with Crippen molar-refractivity contribution in [1.82, 2.24) is 19.0 Å². The third kappa shape index (κ3) is 2.64. The molecule has 3 rings (SSSR count). The number of fused-ring (bicyclic) bond motifs is 1. The Morgan fingerprint density at radius 2 is 1.83 bits per heavy atom. The van der Waals surface area contributed by atoms with E-state index in [0.717, 1.165) is 30.3 Å². The van der Waals surface area contributed by atoms with Gasteiger partial charge >= 0.3 is 5.69 Å². The molecule has 0 radical (unpaired) electrons. The number of rotatable bonds is 2. The van der Waals surface area contributed by atoms with Crippen LogP contribution < -0.4 is 11.2 Å². The number of amides is 1. The summed E-state index contributed by atoms with van der Waals surface area (Å²) in [6.45, 7) is 0. The zero-order chi connectivity index (χ0) is 17.4. The van der Waals surface area contributed by atoms with Crippen LogP contribution >= 0.6 is 0 Å². The maximum atomic E-state index is 12.7. The predicted octanol–water partition coefficient (Wildman–Crippen LogP) is 1.04. The molecule has 7 heteroatoms. The van der Waals surface area contributed by atoms with Gasteiger partial charge in [0, 0.05) is 33.4 Å². The number of carbonyl (C=O) groups excluding carboxylic acids is 1. The van der Waals surface area contributed by atoms with E-state index in [2.05, 4.69) is 4.98 Å². The normalized spacial score (nSPS) is 15.6. The summed E-state index contributed by atoms with van der Waals surface area (Å²) in [5, 5.41) is 0.280. The molecule has 0 bridgehead atoms. The minimum Gasteiger partial charge on any atom is -0.339 e. The number of aromatic nitrogens is 3. The van der Waals surface area contributed by atoms with Gasteiger partial charge < -0.3 is 4.90 Å². The Bertz CT molecular complexity index is 906. The first kappa shape index (κ1) is 16.4. The second-order valence-electron chi connectivity index (χ2n) is 6.51. The van der Waals surface area contributed by atoms with Crippen LogP contribution in [0, 0.1) is 0 Å². The van der Waals surface area contributed by atoms with E-state index in [0.29, 0.717) is 11.2 Å². The van der Waals surface area contributed by atoms with Crippen LogP contribution in [0.2, 0.25) is 0 Å². The maximum Gasteiger partial charge on any atom is 0.332 e. The third-order valence-corrected chi connectivity index (χ3v) is 4.98. The Kier molecular flexibility index (Phi) is 4.26. The summed E-state index contributed by atoms with van der Waals surface area (Å²) < 4.78 is 2.35. The molecule has 24 heavy (non-hydrogen) atoms. The largest absolute Gasteiger partial charge is 0.339 e. The Labute approximate surface area is 139 Å². The standard InChI is InChI=1S/C17H22N4O3/c1-19(12-7-5-4-6-8-12)15(22)11-9-13-14(18-10-11)20(2)17(24)21(3)16(13)23/h9-10,12H,4-8H2,1-3H3. The molecule has 0 N–H and O–H groups in total. The monoisotopic (exact) mass is 330 g/mol. The first-order valence-electron chi connectivity index (χ1n) is 8.24. The molecule has 1 aliphatic carbocycles. The molecule has 0 spiro atoms. The maximum absolute atomic E-state index is 12.7. The van der Waals surface area contributed by atoms with E-state index in [1.54, 1.807) is 25.1 Å². The number of pyridine rings is 1. The van der Waals surface area contributed by atoms with Crippen LogP contribution in [-0.2, 0) is 14.1 Å². The summed E-state index contributed by atoms with van der Waals surface area (Å²) in [4.78, 5) is 43.0. The number of hydrogen-bond acceptors (Lipinski definition) is 4. The van der Waals surface area contributed by atoms with Crippen LogP contribution in [0.15, 0.2) is 21.9 Å². The highest BCUT2D eigenvalue weighted by Crippen LogP contribution is 2.23. The van der Waals surface area contributed by atoms with Crippen LogP contribution in [0.1, 0.15) is 42.5 Å².